The molecule has 2 amide bonds. The number of aryl methyl sites for hydroxylation is 1. The van der Waals surface area contributed by atoms with Crippen molar-refractivity contribution in [2.75, 3.05) is 12.4 Å². The molecule has 13 nitrogen and oxygen atoms in total. The number of β-lactam (4-membered cyclic amide) rings is 1. The number of fused-ring (bicyclic) bond motifs is 1. The number of amides is 2. The van der Waals surface area contributed by atoms with Gasteiger partial charge in [-0.15, -0.1) is 11.8 Å². The highest BCUT2D eigenvalue weighted by molar-refractivity contribution is 8.00. The molecule has 1 fully saturated rings. The number of esters is 1. The van der Waals surface area contributed by atoms with Gasteiger partial charge >= 0.3 is 17.6 Å². The van der Waals surface area contributed by atoms with Crippen LogP contribution in [-0.2, 0) is 25.7 Å². The molecular formula is C16H17N5O8S. The monoisotopic (exact) mass is 439 g/mol. The Morgan fingerprint density at radius 2 is 2.17 bits per heavy atom. The Morgan fingerprint density at radius 1 is 1.47 bits per heavy atom. The summed E-state index contributed by atoms with van der Waals surface area (Å²) in [5.41, 5.74) is -0.964. The van der Waals surface area contributed by atoms with Gasteiger partial charge in [-0.2, -0.15) is 5.10 Å². The van der Waals surface area contributed by atoms with E-state index in [1.165, 1.54) is 23.4 Å². The topological polar surface area (TPSA) is 174 Å². The third-order valence-electron chi connectivity index (χ3n) is 4.46. The number of thioether (sulfide) groups is 1. The fourth-order valence-corrected chi connectivity index (χ4v) is 4.39. The first-order chi connectivity index (χ1) is 14.1. The smallest absolute Gasteiger partial charge is 0.352 e. The van der Waals surface area contributed by atoms with E-state index in [2.05, 4.69) is 10.4 Å². The number of hydrogen-bond acceptors (Lipinski definition) is 9. The van der Waals surface area contributed by atoms with Gasteiger partial charge in [0.1, 0.15) is 29.9 Å². The average molecular weight is 439 g/mol. The van der Waals surface area contributed by atoms with Crippen molar-refractivity contribution >= 4 is 41.2 Å². The van der Waals surface area contributed by atoms with E-state index in [4.69, 9.17) is 4.74 Å². The second kappa shape index (κ2) is 8.14. The molecule has 0 aliphatic carbocycles. The second-order valence-corrected chi connectivity index (χ2v) is 7.48. The number of aromatic nitrogens is 2. The van der Waals surface area contributed by atoms with Gasteiger partial charge in [0.15, 0.2) is 0 Å². The molecule has 0 bridgehead atoms. The zero-order valence-corrected chi connectivity index (χ0v) is 16.7. The Balaban J connectivity index is 1.79. The number of carbonyl (C=O) groups is 4. The van der Waals surface area contributed by atoms with Crippen molar-refractivity contribution in [1.82, 2.24) is 20.0 Å². The Kier molecular flexibility index (Phi) is 5.78. The lowest BCUT2D eigenvalue weighted by atomic mass is 10.0. The van der Waals surface area contributed by atoms with E-state index in [1.807, 2.05) is 0 Å². The van der Waals surface area contributed by atoms with Crippen molar-refractivity contribution in [3.8, 4) is 0 Å². The number of aliphatic carboxylic acids is 1. The van der Waals surface area contributed by atoms with E-state index in [0.29, 0.717) is 6.54 Å². The van der Waals surface area contributed by atoms with Crippen LogP contribution in [0.2, 0.25) is 0 Å². The van der Waals surface area contributed by atoms with Crippen LogP contribution in [0.3, 0.4) is 0 Å². The second-order valence-electron chi connectivity index (χ2n) is 6.37. The number of ether oxygens (including phenoxy) is 1. The molecule has 160 valence electrons. The predicted molar refractivity (Wildman–Crippen MR) is 100 cm³/mol. The first-order valence-corrected chi connectivity index (χ1v) is 9.76. The van der Waals surface area contributed by atoms with Crippen LogP contribution >= 0.6 is 11.8 Å². The lowest BCUT2D eigenvalue weighted by molar-refractivity contribution is -0.385. The van der Waals surface area contributed by atoms with Crippen LogP contribution in [0.4, 0.5) is 5.69 Å². The van der Waals surface area contributed by atoms with E-state index >= 15 is 0 Å². The third-order valence-corrected chi connectivity index (χ3v) is 5.80. The van der Waals surface area contributed by atoms with Crippen molar-refractivity contribution < 1.29 is 33.9 Å². The fraction of sp³-hybridized carbons (Fsp3) is 0.438. The van der Waals surface area contributed by atoms with Crippen LogP contribution in [0, 0.1) is 10.1 Å². The number of nitrogens with one attached hydrogen (secondary N) is 1. The highest BCUT2D eigenvalue weighted by atomic mass is 32.2. The quantitative estimate of drug-likeness (QED) is 0.249. The minimum absolute atomic E-state index is 0.167. The summed E-state index contributed by atoms with van der Waals surface area (Å²) in [4.78, 5) is 59.2. The van der Waals surface area contributed by atoms with E-state index < -0.39 is 51.5 Å². The number of nitro groups is 1. The summed E-state index contributed by atoms with van der Waals surface area (Å²) in [6, 6.07) is -1.07. The minimum Gasteiger partial charge on any atom is -0.477 e. The molecule has 1 saturated heterocycles. The summed E-state index contributed by atoms with van der Waals surface area (Å²) in [5, 5.41) is 26.2. The molecule has 2 atom stereocenters. The number of rotatable bonds is 7. The van der Waals surface area contributed by atoms with Crippen molar-refractivity contribution in [2.45, 2.75) is 31.8 Å². The molecule has 2 aliphatic rings. The van der Waals surface area contributed by atoms with Crippen LogP contribution in [0.15, 0.2) is 17.5 Å². The van der Waals surface area contributed by atoms with Gasteiger partial charge in [-0.1, -0.05) is 0 Å². The molecule has 0 radical (unpaired) electrons. The number of hydrogen-bond donors (Lipinski definition) is 2. The van der Waals surface area contributed by atoms with Crippen LogP contribution in [0.25, 0.3) is 0 Å². The van der Waals surface area contributed by atoms with Gasteiger partial charge in [0.25, 0.3) is 11.8 Å². The van der Waals surface area contributed by atoms with Gasteiger partial charge in [0.05, 0.1) is 4.92 Å². The molecule has 1 aromatic heterocycles. The lowest BCUT2D eigenvalue weighted by Gasteiger charge is -2.49. The highest BCUT2D eigenvalue weighted by Gasteiger charge is 2.54. The van der Waals surface area contributed by atoms with Crippen LogP contribution in [0.5, 0.6) is 0 Å². The molecule has 3 heterocycles. The van der Waals surface area contributed by atoms with Gasteiger partial charge in [-0.05, 0) is 6.92 Å². The minimum atomic E-state index is -1.36. The molecule has 14 heteroatoms. The first kappa shape index (κ1) is 21.3. The molecule has 2 aliphatic heterocycles. The summed E-state index contributed by atoms with van der Waals surface area (Å²) in [5.74, 6) is -3.37. The number of nitrogens with zero attached hydrogens (tertiary/aromatic N) is 4. The molecule has 0 saturated carbocycles. The molecule has 2 N–H and O–H groups in total. The van der Waals surface area contributed by atoms with Crippen molar-refractivity contribution in [2.24, 2.45) is 0 Å². The molecule has 0 unspecified atom stereocenters. The van der Waals surface area contributed by atoms with Gasteiger partial charge in [-0.25, -0.2) is 4.79 Å². The van der Waals surface area contributed by atoms with Crippen LogP contribution in [-0.4, -0.2) is 72.2 Å². The lowest BCUT2D eigenvalue weighted by Crippen LogP contribution is -2.70. The van der Waals surface area contributed by atoms with Gasteiger partial charge in [0.2, 0.25) is 5.69 Å². The highest BCUT2D eigenvalue weighted by Crippen LogP contribution is 2.40. The van der Waals surface area contributed by atoms with Gasteiger partial charge in [0, 0.05) is 24.8 Å². The summed E-state index contributed by atoms with van der Waals surface area (Å²) in [7, 11) is 0. The summed E-state index contributed by atoms with van der Waals surface area (Å²) < 4.78 is 6.07. The predicted octanol–water partition coefficient (Wildman–Crippen LogP) is -0.273. The molecule has 0 spiro atoms. The summed E-state index contributed by atoms with van der Waals surface area (Å²) >= 11 is 1.18. The Morgan fingerprint density at radius 3 is 2.73 bits per heavy atom. The number of carbonyl (C=O) groups excluding carboxylic acids is 3. The fourth-order valence-electron chi connectivity index (χ4n) is 3.06. The van der Waals surface area contributed by atoms with Gasteiger partial charge in [-0.3, -0.25) is 34.1 Å². The SMILES string of the molecule is CCn1cc([N+](=O)[O-])c(C(=O)N[C@@H]2C(=O)N3C(C(=O)O)=C(COC(C)=O)CS[C@H]23)n1. The standard InChI is InChI=1S/C16H17N5O8S/c1-3-19-4-9(21(27)28)10(18-19)13(23)17-11-14(24)20-12(16(25)26)8(5-29-7(2)22)6-30-15(11)20/h4,11,15H,3,5-6H2,1-2H3,(H,17,23)(H,25,26)/t11-,15-/m1/s1. The third kappa shape index (κ3) is 3.72. The molecule has 3 rings (SSSR count). The largest absolute Gasteiger partial charge is 0.477 e. The molecular weight excluding hydrogens is 422 g/mol. The Bertz CT molecular complexity index is 986. The maximum absolute atomic E-state index is 12.6. The van der Waals surface area contributed by atoms with Crippen molar-refractivity contribution in [3.63, 3.8) is 0 Å². The summed E-state index contributed by atoms with van der Waals surface area (Å²) in [6.07, 6.45) is 1.12. The Labute approximate surface area is 173 Å². The van der Waals surface area contributed by atoms with E-state index in [1.54, 1.807) is 6.92 Å². The Hall–Kier alpha value is -3.42. The average Bonchev–Trinajstić information content (AvgIpc) is 3.14. The van der Waals surface area contributed by atoms with Crippen molar-refractivity contribution in [1.29, 1.82) is 0 Å². The first-order valence-electron chi connectivity index (χ1n) is 8.71. The number of carboxylic acid groups (broad SMARTS) is 1. The number of carboxylic acids is 1. The molecule has 0 aromatic carbocycles. The van der Waals surface area contributed by atoms with E-state index in [9.17, 15) is 34.4 Å². The van der Waals surface area contributed by atoms with Crippen molar-refractivity contribution in [3.05, 3.63) is 33.3 Å². The van der Waals surface area contributed by atoms with Gasteiger partial charge < -0.3 is 15.2 Å². The zero-order valence-electron chi connectivity index (χ0n) is 15.9. The maximum Gasteiger partial charge on any atom is 0.352 e. The van der Waals surface area contributed by atoms with E-state index in [0.717, 1.165) is 11.1 Å². The molecule has 30 heavy (non-hydrogen) atoms. The zero-order chi connectivity index (χ0) is 22.2. The maximum atomic E-state index is 12.6. The van der Waals surface area contributed by atoms with Crippen LogP contribution < -0.4 is 5.32 Å². The molecule has 1 aromatic rings. The normalized spacial score (nSPS) is 20.3. The van der Waals surface area contributed by atoms with Crippen LogP contribution in [0.1, 0.15) is 24.3 Å². The van der Waals surface area contributed by atoms with E-state index in [-0.39, 0.29) is 23.6 Å². The summed E-state index contributed by atoms with van der Waals surface area (Å²) in [6.45, 7) is 2.91.